The van der Waals surface area contributed by atoms with Gasteiger partial charge in [-0.1, -0.05) is 30.3 Å². The Kier molecular flexibility index (Phi) is 2.49. The quantitative estimate of drug-likeness (QED) is 0.766. The molecule has 3 rings (SSSR count). The fourth-order valence-corrected chi connectivity index (χ4v) is 2.10. The molecule has 1 aromatic carbocycles. The van der Waals surface area contributed by atoms with Gasteiger partial charge in [0.15, 0.2) is 0 Å². The van der Waals surface area contributed by atoms with Gasteiger partial charge in [-0.05, 0) is 13.0 Å². The Morgan fingerprint density at radius 1 is 1.18 bits per heavy atom. The summed E-state index contributed by atoms with van der Waals surface area (Å²) in [4.78, 5) is 19.3. The molecule has 0 bridgehead atoms. The number of fused-ring (bicyclic) bond motifs is 1. The van der Waals surface area contributed by atoms with Crippen molar-refractivity contribution in [3.05, 3.63) is 51.9 Å². The van der Waals surface area contributed by atoms with E-state index in [9.17, 15) is 4.79 Å². The van der Waals surface area contributed by atoms with Crippen LogP contribution in [-0.4, -0.2) is 16.5 Å². The Balaban J connectivity index is 2.14. The predicted octanol–water partition coefficient (Wildman–Crippen LogP) is 1.08. The summed E-state index contributed by atoms with van der Waals surface area (Å²) < 4.78 is 0. The first-order valence-electron chi connectivity index (χ1n) is 5.73. The van der Waals surface area contributed by atoms with E-state index in [1.807, 2.05) is 30.3 Å². The van der Waals surface area contributed by atoms with Gasteiger partial charge in [0.2, 0.25) is 0 Å². The standard InChI is InChI=1S/C13H13N3O/c17-13-10-6-7-14-8-11(10)15-12(16-13)9-4-2-1-3-5-9/h1-5,14H,6-8H2,(H,15,16,17). The van der Waals surface area contributed by atoms with E-state index in [0.29, 0.717) is 12.4 Å². The maximum Gasteiger partial charge on any atom is 0.254 e. The van der Waals surface area contributed by atoms with Gasteiger partial charge in [-0.3, -0.25) is 4.79 Å². The van der Waals surface area contributed by atoms with Crippen molar-refractivity contribution in [3.8, 4) is 11.4 Å². The average Bonchev–Trinajstić information content (AvgIpc) is 2.40. The van der Waals surface area contributed by atoms with Gasteiger partial charge in [0, 0.05) is 17.7 Å². The topological polar surface area (TPSA) is 57.8 Å². The lowest BCUT2D eigenvalue weighted by molar-refractivity contribution is 0.619. The average molecular weight is 227 g/mol. The molecule has 1 aliphatic heterocycles. The van der Waals surface area contributed by atoms with Gasteiger partial charge in [0.25, 0.3) is 5.56 Å². The van der Waals surface area contributed by atoms with E-state index >= 15 is 0 Å². The number of aromatic amines is 1. The summed E-state index contributed by atoms with van der Waals surface area (Å²) in [5, 5.41) is 3.23. The van der Waals surface area contributed by atoms with E-state index in [2.05, 4.69) is 15.3 Å². The van der Waals surface area contributed by atoms with E-state index in [-0.39, 0.29) is 5.56 Å². The summed E-state index contributed by atoms with van der Waals surface area (Å²) in [6.45, 7) is 1.53. The molecule has 0 spiro atoms. The molecular formula is C13H13N3O. The minimum Gasteiger partial charge on any atom is -0.311 e. The summed E-state index contributed by atoms with van der Waals surface area (Å²) in [7, 11) is 0. The second kappa shape index (κ2) is 4.14. The summed E-state index contributed by atoms with van der Waals surface area (Å²) >= 11 is 0. The van der Waals surface area contributed by atoms with Crippen LogP contribution in [0.1, 0.15) is 11.3 Å². The van der Waals surface area contributed by atoms with E-state index in [4.69, 9.17) is 0 Å². The van der Waals surface area contributed by atoms with Crippen LogP contribution < -0.4 is 10.9 Å². The van der Waals surface area contributed by atoms with Gasteiger partial charge in [-0.15, -0.1) is 0 Å². The van der Waals surface area contributed by atoms with Gasteiger partial charge in [-0.2, -0.15) is 0 Å². The van der Waals surface area contributed by atoms with Crippen molar-refractivity contribution in [2.45, 2.75) is 13.0 Å². The van der Waals surface area contributed by atoms with Gasteiger partial charge < -0.3 is 10.3 Å². The summed E-state index contributed by atoms with van der Waals surface area (Å²) in [5.74, 6) is 0.651. The van der Waals surface area contributed by atoms with Crippen molar-refractivity contribution in [1.29, 1.82) is 0 Å². The highest BCUT2D eigenvalue weighted by Gasteiger charge is 2.15. The Morgan fingerprint density at radius 3 is 2.82 bits per heavy atom. The summed E-state index contributed by atoms with van der Waals surface area (Å²) in [6, 6.07) is 9.71. The van der Waals surface area contributed by atoms with Crippen LogP contribution >= 0.6 is 0 Å². The minimum absolute atomic E-state index is 0.00430. The number of hydrogen-bond donors (Lipinski definition) is 2. The summed E-state index contributed by atoms with van der Waals surface area (Å²) in [5.41, 5.74) is 2.63. The molecule has 86 valence electrons. The molecule has 0 radical (unpaired) electrons. The molecule has 0 saturated carbocycles. The highest BCUT2D eigenvalue weighted by molar-refractivity contribution is 5.54. The Bertz CT molecular complexity index is 589. The highest BCUT2D eigenvalue weighted by atomic mass is 16.1. The number of nitrogens with zero attached hydrogens (tertiary/aromatic N) is 1. The number of benzene rings is 1. The first kappa shape index (κ1) is 10.2. The van der Waals surface area contributed by atoms with Gasteiger partial charge >= 0.3 is 0 Å². The molecule has 2 N–H and O–H groups in total. The van der Waals surface area contributed by atoms with Crippen LogP contribution in [-0.2, 0) is 13.0 Å². The van der Waals surface area contributed by atoms with Crippen LogP contribution in [0.4, 0.5) is 0 Å². The molecule has 4 nitrogen and oxygen atoms in total. The molecule has 0 amide bonds. The van der Waals surface area contributed by atoms with Crippen LogP contribution in [0.3, 0.4) is 0 Å². The fourth-order valence-electron chi connectivity index (χ4n) is 2.10. The van der Waals surface area contributed by atoms with Crippen LogP contribution in [0, 0.1) is 0 Å². The molecule has 0 aliphatic carbocycles. The Labute approximate surface area is 98.7 Å². The molecule has 4 heteroatoms. The fraction of sp³-hybridized carbons (Fsp3) is 0.231. The zero-order valence-corrected chi connectivity index (χ0v) is 9.36. The van der Waals surface area contributed by atoms with Crippen molar-refractivity contribution in [2.75, 3.05) is 6.54 Å². The molecule has 0 saturated heterocycles. The zero-order chi connectivity index (χ0) is 11.7. The number of aromatic nitrogens is 2. The van der Waals surface area contributed by atoms with Crippen LogP contribution in [0.15, 0.2) is 35.1 Å². The lowest BCUT2D eigenvalue weighted by atomic mass is 10.1. The van der Waals surface area contributed by atoms with Crippen LogP contribution in [0.5, 0.6) is 0 Å². The van der Waals surface area contributed by atoms with Gasteiger partial charge in [-0.25, -0.2) is 4.98 Å². The number of rotatable bonds is 1. The summed E-state index contributed by atoms with van der Waals surface area (Å²) in [6.07, 6.45) is 0.757. The van der Waals surface area contributed by atoms with Crippen molar-refractivity contribution in [2.24, 2.45) is 0 Å². The highest BCUT2D eigenvalue weighted by Crippen LogP contribution is 2.15. The van der Waals surface area contributed by atoms with E-state index in [1.165, 1.54) is 0 Å². The molecule has 0 fully saturated rings. The normalized spacial score (nSPS) is 14.4. The third-order valence-electron chi connectivity index (χ3n) is 2.99. The third-order valence-corrected chi connectivity index (χ3v) is 2.99. The van der Waals surface area contributed by atoms with Gasteiger partial charge in [0.05, 0.1) is 5.69 Å². The number of nitrogens with one attached hydrogen (secondary N) is 2. The second-order valence-electron chi connectivity index (χ2n) is 4.13. The van der Waals surface area contributed by atoms with E-state index < -0.39 is 0 Å². The lowest BCUT2D eigenvalue weighted by Crippen LogP contribution is -2.31. The molecule has 2 aromatic rings. The van der Waals surface area contributed by atoms with Crippen LogP contribution in [0.25, 0.3) is 11.4 Å². The van der Waals surface area contributed by atoms with Crippen molar-refractivity contribution < 1.29 is 0 Å². The maximum absolute atomic E-state index is 11.9. The number of H-pyrrole nitrogens is 1. The van der Waals surface area contributed by atoms with Gasteiger partial charge in [0.1, 0.15) is 5.82 Å². The van der Waals surface area contributed by atoms with E-state index in [1.54, 1.807) is 0 Å². The first-order valence-corrected chi connectivity index (χ1v) is 5.73. The Morgan fingerprint density at radius 2 is 2.00 bits per heavy atom. The molecule has 2 heterocycles. The lowest BCUT2D eigenvalue weighted by Gasteiger charge is -2.15. The SMILES string of the molecule is O=c1[nH]c(-c2ccccc2)nc2c1CCNC2. The monoisotopic (exact) mass is 227 g/mol. The molecule has 1 aliphatic rings. The van der Waals surface area contributed by atoms with Crippen molar-refractivity contribution >= 4 is 0 Å². The number of hydrogen-bond acceptors (Lipinski definition) is 3. The maximum atomic E-state index is 11.9. The second-order valence-corrected chi connectivity index (χ2v) is 4.13. The smallest absolute Gasteiger partial charge is 0.254 e. The predicted molar refractivity (Wildman–Crippen MR) is 65.7 cm³/mol. The van der Waals surface area contributed by atoms with E-state index in [0.717, 1.165) is 29.8 Å². The zero-order valence-electron chi connectivity index (χ0n) is 9.36. The molecule has 0 atom stereocenters. The minimum atomic E-state index is -0.00430. The Hall–Kier alpha value is -1.94. The van der Waals surface area contributed by atoms with Crippen LogP contribution in [0.2, 0.25) is 0 Å². The molecular weight excluding hydrogens is 214 g/mol. The molecule has 17 heavy (non-hydrogen) atoms. The largest absolute Gasteiger partial charge is 0.311 e. The van der Waals surface area contributed by atoms with Crippen molar-refractivity contribution in [1.82, 2.24) is 15.3 Å². The van der Waals surface area contributed by atoms with Crippen molar-refractivity contribution in [3.63, 3.8) is 0 Å². The molecule has 1 aromatic heterocycles. The molecule has 0 unspecified atom stereocenters. The third kappa shape index (κ3) is 1.87. The first-order chi connectivity index (χ1) is 8.34.